The van der Waals surface area contributed by atoms with Crippen molar-refractivity contribution in [2.24, 2.45) is 0 Å². The maximum Gasteiger partial charge on any atom is 0.201 e. The normalized spacial score (nSPS) is 10.6. The highest BCUT2D eigenvalue weighted by Crippen LogP contribution is 2.31. The van der Waals surface area contributed by atoms with Crippen molar-refractivity contribution in [3.8, 4) is 11.5 Å². The Morgan fingerprint density at radius 1 is 1.05 bits per heavy atom. The van der Waals surface area contributed by atoms with Gasteiger partial charge >= 0.3 is 0 Å². The van der Waals surface area contributed by atoms with Gasteiger partial charge in [0.25, 0.3) is 0 Å². The minimum atomic E-state index is 0.678. The molecule has 5 heteroatoms. The maximum absolute atomic E-state index is 5.30. The van der Waals surface area contributed by atoms with Crippen LogP contribution in [0, 0.1) is 0 Å². The highest BCUT2D eigenvalue weighted by Gasteiger charge is 2.09. The van der Waals surface area contributed by atoms with E-state index in [1.807, 2.05) is 18.2 Å². The number of hydrogen-bond donors (Lipinski definition) is 2. The van der Waals surface area contributed by atoms with Crippen LogP contribution in [-0.2, 0) is 6.42 Å². The zero-order chi connectivity index (χ0) is 15.4. The number of methoxy groups -OCH3 is 2. The van der Waals surface area contributed by atoms with E-state index < -0.39 is 0 Å². The van der Waals surface area contributed by atoms with E-state index in [1.165, 1.54) is 5.56 Å². The summed E-state index contributed by atoms with van der Waals surface area (Å²) >= 11 is 0. The molecular weight excluding hydrogens is 278 g/mol. The van der Waals surface area contributed by atoms with Crippen molar-refractivity contribution in [3.63, 3.8) is 0 Å². The Morgan fingerprint density at radius 3 is 2.50 bits per heavy atom. The number of benzene rings is 2. The summed E-state index contributed by atoms with van der Waals surface area (Å²) in [6.07, 6.45) is 0.949. The molecular formula is C17H19N3O2. The standard InChI is InChI=1S/C17H19N3O2/c1-21-15-10-13-14(11-16(15)22-2)20-17(19-13)18-9-8-12-6-4-3-5-7-12/h3-7,10-11H,8-9H2,1-2H3,(H2,18,19,20). The van der Waals surface area contributed by atoms with Crippen molar-refractivity contribution in [1.29, 1.82) is 0 Å². The number of aromatic amines is 1. The van der Waals surface area contributed by atoms with Crippen LogP contribution >= 0.6 is 0 Å². The summed E-state index contributed by atoms with van der Waals surface area (Å²) < 4.78 is 10.6. The number of rotatable bonds is 6. The summed E-state index contributed by atoms with van der Waals surface area (Å²) in [5, 5.41) is 3.31. The van der Waals surface area contributed by atoms with Crippen molar-refractivity contribution in [2.45, 2.75) is 6.42 Å². The number of hydrogen-bond acceptors (Lipinski definition) is 4. The Balaban J connectivity index is 1.72. The lowest BCUT2D eigenvalue weighted by atomic mass is 10.1. The molecule has 0 bridgehead atoms. The first-order valence-corrected chi connectivity index (χ1v) is 7.19. The molecule has 0 aliphatic rings. The van der Waals surface area contributed by atoms with E-state index in [4.69, 9.17) is 9.47 Å². The third-order valence-electron chi connectivity index (χ3n) is 3.54. The van der Waals surface area contributed by atoms with Crippen LogP contribution in [0.2, 0.25) is 0 Å². The molecule has 0 aliphatic carbocycles. The molecule has 1 aromatic heterocycles. The fourth-order valence-electron chi connectivity index (χ4n) is 2.39. The van der Waals surface area contributed by atoms with Gasteiger partial charge in [0.1, 0.15) is 0 Å². The molecule has 0 saturated carbocycles. The van der Waals surface area contributed by atoms with Gasteiger partial charge in [0.15, 0.2) is 11.5 Å². The zero-order valence-corrected chi connectivity index (χ0v) is 12.7. The van der Waals surface area contributed by atoms with Crippen LogP contribution in [0.25, 0.3) is 11.0 Å². The topological polar surface area (TPSA) is 59.2 Å². The van der Waals surface area contributed by atoms with E-state index in [0.717, 1.165) is 29.9 Å². The van der Waals surface area contributed by atoms with E-state index in [0.29, 0.717) is 11.5 Å². The highest BCUT2D eigenvalue weighted by molar-refractivity contribution is 5.81. The zero-order valence-electron chi connectivity index (χ0n) is 12.7. The van der Waals surface area contributed by atoms with Gasteiger partial charge in [-0.1, -0.05) is 30.3 Å². The number of H-pyrrole nitrogens is 1. The Bertz CT molecular complexity index is 712. The predicted molar refractivity (Wildman–Crippen MR) is 87.8 cm³/mol. The van der Waals surface area contributed by atoms with E-state index in [9.17, 15) is 0 Å². The summed E-state index contributed by atoms with van der Waals surface area (Å²) in [7, 11) is 3.24. The fraction of sp³-hybridized carbons (Fsp3) is 0.235. The number of ether oxygens (including phenoxy) is 2. The molecule has 0 fully saturated rings. The molecule has 0 unspecified atom stereocenters. The van der Waals surface area contributed by atoms with Crippen LogP contribution in [0.1, 0.15) is 5.56 Å². The van der Waals surface area contributed by atoms with Gasteiger partial charge < -0.3 is 19.8 Å². The van der Waals surface area contributed by atoms with Gasteiger partial charge in [-0.15, -0.1) is 0 Å². The molecule has 1 heterocycles. The van der Waals surface area contributed by atoms with Crippen molar-refractivity contribution in [3.05, 3.63) is 48.0 Å². The second-order valence-electron chi connectivity index (χ2n) is 4.97. The van der Waals surface area contributed by atoms with Gasteiger partial charge in [-0.25, -0.2) is 4.98 Å². The minimum absolute atomic E-state index is 0.678. The van der Waals surface area contributed by atoms with Gasteiger partial charge in [-0.2, -0.15) is 0 Å². The van der Waals surface area contributed by atoms with Crippen molar-refractivity contribution in [1.82, 2.24) is 9.97 Å². The second-order valence-corrected chi connectivity index (χ2v) is 4.97. The molecule has 0 atom stereocenters. The summed E-state index contributed by atoms with van der Waals surface area (Å²) in [4.78, 5) is 7.78. The molecule has 2 aromatic carbocycles. The number of nitrogens with zero attached hydrogens (tertiary/aromatic N) is 1. The third kappa shape index (κ3) is 2.98. The Morgan fingerprint density at radius 2 is 1.77 bits per heavy atom. The van der Waals surface area contributed by atoms with Crippen LogP contribution in [0.15, 0.2) is 42.5 Å². The summed E-state index contributed by atoms with van der Waals surface area (Å²) in [5.74, 6) is 2.12. The lowest BCUT2D eigenvalue weighted by Gasteiger charge is -2.06. The Hall–Kier alpha value is -2.69. The van der Waals surface area contributed by atoms with E-state index in [1.54, 1.807) is 14.2 Å². The molecule has 114 valence electrons. The predicted octanol–water partition coefficient (Wildman–Crippen LogP) is 3.23. The van der Waals surface area contributed by atoms with Gasteiger partial charge in [0.2, 0.25) is 5.95 Å². The van der Waals surface area contributed by atoms with Gasteiger partial charge in [-0.05, 0) is 12.0 Å². The van der Waals surface area contributed by atoms with E-state index >= 15 is 0 Å². The van der Waals surface area contributed by atoms with E-state index in [2.05, 4.69) is 39.6 Å². The molecule has 0 radical (unpaired) electrons. The fourth-order valence-corrected chi connectivity index (χ4v) is 2.39. The number of fused-ring (bicyclic) bond motifs is 1. The first-order valence-electron chi connectivity index (χ1n) is 7.19. The number of imidazole rings is 1. The summed E-state index contributed by atoms with van der Waals surface area (Å²) in [6.45, 7) is 0.818. The highest BCUT2D eigenvalue weighted by atomic mass is 16.5. The van der Waals surface area contributed by atoms with Gasteiger partial charge in [-0.3, -0.25) is 0 Å². The number of aromatic nitrogens is 2. The molecule has 0 aliphatic heterocycles. The lowest BCUT2D eigenvalue weighted by molar-refractivity contribution is 0.356. The monoisotopic (exact) mass is 297 g/mol. The second kappa shape index (κ2) is 6.39. The van der Waals surface area contributed by atoms with Crippen LogP contribution in [0.3, 0.4) is 0 Å². The number of anilines is 1. The smallest absolute Gasteiger partial charge is 0.201 e. The maximum atomic E-state index is 5.30. The molecule has 3 aromatic rings. The van der Waals surface area contributed by atoms with Crippen molar-refractivity contribution >= 4 is 17.0 Å². The quantitative estimate of drug-likeness (QED) is 0.733. The van der Waals surface area contributed by atoms with Crippen molar-refractivity contribution < 1.29 is 9.47 Å². The first kappa shape index (κ1) is 14.3. The van der Waals surface area contributed by atoms with E-state index in [-0.39, 0.29) is 0 Å². The molecule has 0 amide bonds. The molecule has 2 N–H and O–H groups in total. The molecule has 0 saturated heterocycles. The summed E-state index contributed by atoms with van der Waals surface area (Å²) in [5.41, 5.74) is 3.06. The number of nitrogens with one attached hydrogen (secondary N) is 2. The van der Waals surface area contributed by atoms with Crippen LogP contribution in [0.5, 0.6) is 11.5 Å². The van der Waals surface area contributed by atoms with Crippen LogP contribution in [0.4, 0.5) is 5.95 Å². The Kier molecular flexibility index (Phi) is 4.14. The summed E-state index contributed by atoms with van der Waals surface area (Å²) in [6, 6.07) is 14.1. The van der Waals surface area contributed by atoms with Gasteiger partial charge in [0, 0.05) is 18.7 Å². The lowest BCUT2D eigenvalue weighted by Crippen LogP contribution is -2.05. The van der Waals surface area contributed by atoms with Crippen molar-refractivity contribution in [2.75, 3.05) is 26.1 Å². The largest absolute Gasteiger partial charge is 0.493 e. The van der Waals surface area contributed by atoms with Crippen LogP contribution < -0.4 is 14.8 Å². The molecule has 22 heavy (non-hydrogen) atoms. The average molecular weight is 297 g/mol. The minimum Gasteiger partial charge on any atom is -0.493 e. The first-order chi connectivity index (χ1) is 10.8. The third-order valence-corrected chi connectivity index (χ3v) is 3.54. The van der Waals surface area contributed by atoms with Gasteiger partial charge in [0.05, 0.1) is 25.3 Å². The molecule has 0 spiro atoms. The Labute approximate surface area is 129 Å². The average Bonchev–Trinajstić information content (AvgIpc) is 2.96. The van der Waals surface area contributed by atoms with Crippen LogP contribution in [-0.4, -0.2) is 30.7 Å². The SMILES string of the molecule is COc1cc2nc(NCCc3ccccc3)[nH]c2cc1OC. The molecule has 5 nitrogen and oxygen atoms in total. The molecule has 3 rings (SSSR count).